The molecule has 0 unspecified atom stereocenters. The van der Waals surface area contributed by atoms with E-state index >= 15 is 0 Å². The zero-order chi connectivity index (χ0) is 15.2. The van der Waals surface area contributed by atoms with Crippen LogP contribution >= 0.6 is 0 Å². The van der Waals surface area contributed by atoms with Crippen LogP contribution < -0.4 is 10.6 Å². The first kappa shape index (κ1) is 15.5. The third-order valence-corrected chi connectivity index (χ3v) is 3.88. The number of hydrogen-bond donors (Lipinski definition) is 3. The molecular weight excluding hydrogens is 268 g/mol. The maximum atomic E-state index is 11.8. The summed E-state index contributed by atoms with van der Waals surface area (Å²) >= 11 is 0. The van der Waals surface area contributed by atoms with Crippen molar-refractivity contribution < 1.29 is 14.7 Å². The van der Waals surface area contributed by atoms with Crippen molar-refractivity contribution in [2.24, 2.45) is 5.92 Å². The van der Waals surface area contributed by atoms with Crippen molar-refractivity contribution in [2.75, 3.05) is 11.9 Å². The van der Waals surface area contributed by atoms with E-state index in [1.807, 2.05) is 19.1 Å². The summed E-state index contributed by atoms with van der Waals surface area (Å²) in [6, 6.07) is 7.28. The van der Waals surface area contributed by atoms with Crippen molar-refractivity contribution in [1.82, 2.24) is 5.32 Å². The van der Waals surface area contributed by atoms with Crippen molar-refractivity contribution in [3.05, 3.63) is 29.8 Å². The van der Waals surface area contributed by atoms with Crippen LogP contribution in [0, 0.1) is 12.8 Å². The van der Waals surface area contributed by atoms with Gasteiger partial charge in [-0.2, -0.15) is 0 Å². The summed E-state index contributed by atoms with van der Waals surface area (Å²) in [5.41, 5.74) is 1.62. The van der Waals surface area contributed by atoms with E-state index in [0.717, 1.165) is 31.2 Å². The average molecular weight is 290 g/mol. The summed E-state index contributed by atoms with van der Waals surface area (Å²) in [5.74, 6) is -1.28. The lowest BCUT2D eigenvalue weighted by atomic mass is 9.86. The molecule has 1 aliphatic rings. The lowest BCUT2D eigenvalue weighted by Crippen LogP contribution is -2.41. The third kappa shape index (κ3) is 4.56. The van der Waals surface area contributed by atoms with E-state index in [1.54, 1.807) is 12.1 Å². The monoisotopic (exact) mass is 290 g/mol. The number of carbonyl (C=O) groups excluding carboxylic acids is 2. The van der Waals surface area contributed by atoms with Gasteiger partial charge in [0.2, 0.25) is 0 Å². The van der Waals surface area contributed by atoms with E-state index in [4.69, 9.17) is 0 Å². The molecule has 0 aliphatic heterocycles. The topological polar surface area (TPSA) is 78.4 Å². The minimum absolute atomic E-state index is 0.0504. The Labute approximate surface area is 124 Å². The number of aliphatic hydroxyl groups is 1. The molecule has 0 spiro atoms. The number of aliphatic hydroxyl groups excluding tert-OH is 1. The number of anilines is 1. The molecule has 1 aromatic rings. The van der Waals surface area contributed by atoms with Crippen LogP contribution in [0.3, 0.4) is 0 Å². The van der Waals surface area contributed by atoms with Gasteiger partial charge in [-0.3, -0.25) is 9.59 Å². The predicted octanol–water partition coefficient (Wildman–Crippen LogP) is 1.60. The highest BCUT2D eigenvalue weighted by Gasteiger charge is 2.24. The largest absolute Gasteiger partial charge is 0.393 e. The van der Waals surface area contributed by atoms with E-state index in [0.29, 0.717) is 12.2 Å². The Morgan fingerprint density at radius 1 is 1.24 bits per heavy atom. The fourth-order valence-corrected chi connectivity index (χ4v) is 2.64. The summed E-state index contributed by atoms with van der Waals surface area (Å²) in [6.07, 6.45) is 3.38. The molecule has 1 aliphatic carbocycles. The number of carbonyl (C=O) groups is 2. The summed E-state index contributed by atoms with van der Waals surface area (Å²) in [5, 5.41) is 15.0. The van der Waals surface area contributed by atoms with Crippen LogP contribution in [0.2, 0.25) is 0 Å². The van der Waals surface area contributed by atoms with Crippen LogP contribution in [0.1, 0.15) is 31.2 Å². The normalized spacial score (nSPS) is 21.6. The molecule has 2 rings (SSSR count). The number of amides is 2. The van der Waals surface area contributed by atoms with E-state index < -0.39 is 11.8 Å². The predicted molar refractivity (Wildman–Crippen MR) is 80.8 cm³/mol. The van der Waals surface area contributed by atoms with Crippen molar-refractivity contribution in [2.45, 2.75) is 38.7 Å². The Balaban J connectivity index is 1.81. The minimum atomic E-state index is -0.675. The van der Waals surface area contributed by atoms with Gasteiger partial charge in [-0.15, -0.1) is 0 Å². The Morgan fingerprint density at radius 2 is 2.00 bits per heavy atom. The fourth-order valence-electron chi connectivity index (χ4n) is 2.64. The van der Waals surface area contributed by atoms with Gasteiger partial charge in [0.05, 0.1) is 6.10 Å². The van der Waals surface area contributed by atoms with Crippen LogP contribution in [0.25, 0.3) is 0 Å². The van der Waals surface area contributed by atoms with Crippen LogP contribution in [0.5, 0.6) is 0 Å². The molecule has 2 amide bonds. The molecule has 21 heavy (non-hydrogen) atoms. The maximum absolute atomic E-state index is 11.8. The molecule has 114 valence electrons. The number of rotatable bonds is 3. The van der Waals surface area contributed by atoms with Crippen molar-refractivity contribution >= 4 is 17.5 Å². The van der Waals surface area contributed by atoms with Gasteiger partial charge in [-0.05, 0) is 37.5 Å². The SMILES string of the molecule is Cc1cccc(NC(=O)C(=O)NC[C@H]2CCCC[C@H]2O)c1. The van der Waals surface area contributed by atoms with Crippen LogP contribution in [-0.4, -0.2) is 29.6 Å². The smallest absolute Gasteiger partial charge is 0.313 e. The van der Waals surface area contributed by atoms with Gasteiger partial charge in [-0.25, -0.2) is 0 Å². The third-order valence-electron chi connectivity index (χ3n) is 3.88. The summed E-state index contributed by atoms with van der Waals surface area (Å²) < 4.78 is 0. The Bertz CT molecular complexity index is 516. The molecule has 0 heterocycles. The molecule has 0 radical (unpaired) electrons. The first-order chi connectivity index (χ1) is 10.1. The first-order valence-electron chi connectivity index (χ1n) is 7.40. The molecule has 3 N–H and O–H groups in total. The van der Waals surface area contributed by atoms with Gasteiger partial charge in [0, 0.05) is 18.2 Å². The van der Waals surface area contributed by atoms with Gasteiger partial charge in [0.15, 0.2) is 0 Å². The highest BCUT2D eigenvalue weighted by Crippen LogP contribution is 2.23. The van der Waals surface area contributed by atoms with Crippen molar-refractivity contribution in [3.8, 4) is 0 Å². The molecule has 5 nitrogen and oxygen atoms in total. The lowest BCUT2D eigenvalue weighted by molar-refractivity contribution is -0.136. The molecule has 1 fully saturated rings. The lowest BCUT2D eigenvalue weighted by Gasteiger charge is -2.27. The second-order valence-corrected chi connectivity index (χ2v) is 5.65. The van der Waals surface area contributed by atoms with E-state index in [9.17, 15) is 14.7 Å². The number of benzene rings is 1. The van der Waals surface area contributed by atoms with Gasteiger partial charge in [-0.1, -0.05) is 25.0 Å². The zero-order valence-corrected chi connectivity index (χ0v) is 12.3. The second kappa shape index (κ2) is 7.22. The average Bonchev–Trinajstić information content (AvgIpc) is 2.46. The van der Waals surface area contributed by atoms with Gasteiger partial charge >= 0.3 is 11.8 Å². The Hall–Kier alpha value is -1.88. The van der Waals surface area contributed by atoms with Crippen molar-refractivity contribution in [1.29, 1.82) is 0 Å². The highest BCUT2D eigenvalue weighted by molar-refractivity contribution is 6.39. The Morgan fingerprint density at radius 3 is 2.71 bits per heavy atom. The molecule has 0 bridgehead atoms. The first-order valence-corrected chi connectivity index (χ1v) is 7.40. The van der Waals surface area contributed by atoms with Gasteiger partial charge in [0.1, 0.15) is 0 Å². The van der Waals surface area contributed by atoms with E-state index in [2.05, 4.69) is 10.6 Å². The summed E-state index contributed by atoms with van der Waals surface area (Å²) in [4.78, 5) is 23.6. The molecule has 2 atom stereocenters. The second-order valence-electron chi connectivity index (χ2n) is 5.65. The summed E-state index contributed by atoms with van der Waals surface area (Å²) in [7, 11) is 0. The molecule has 0 aromatic heterocycles. The number of aryl methyl sites for hydroxylation is 1. The van der Waals surface area contributed by atoms with Gasteiger partial charge in [0.25, 0.3) is 0 Å². The number of nitrogens with one attached hydrogen (secondary N) is 2. The standard InChI is InChI=1S/C16H22N2O3/c1-11-5-4-7-13(9-11)18-16(21)15(20)17-10-12-6-2-3-8-14(12)19/h4-5,7,9,12,14,19H,2-3,6,8,10H2,1H3,(H,17,20)(H,18,21)/t12-,14-/m1/s1. The molecular formula is C16H22N2O3. The summed E-state index contributed by atoms with van der Waals surface area (Å²) in [6.45, 7) is 2.27. The Kier molecular flexibility index (Phi) is 5.33. The van der Waals surface area contributed by atoms with Gasteiger partial charge < -0.3 is 15.7 Å². The van der Waals surface area contributed by atoms with E-state index in [1.165, 1.54) is 0 Å². The maximum Gasteiger partial charge on any atom is 0.313 e. The molecule has 1 aromatic carbocycles. The quantitative estimate of drug-likeness (QED) is 0.740. The van der Waals surface area contributed by atoms with Crippen LogP contribution in [-0.2, 0) is 9.59 Å². The van der Waals surface area contributed by atoms with Crippen LogP contribution in [0.15, 0.2) is 24.3 Å². The molecule has 1 saturated carbocycles. The fraction of sp³-hybridized carbons (Fsp3) is 0.500. The van der Waals surface area contributed by atoms with Crippen LogP contribution in [0.4, 0.5) is 5.69 Å². The zero-order valence-electron chi connectivity index (χ0n) is 12.3. The van der Waals surface area contributed by atoms with E-state index in [-0.39, 0.29) is 12.0 Å². The van der Waals surface area contributed by atoms with Crippen molar-refractivity contribution in [3.63, 3.8) is 0 Å². The molecule has 5 heteroatoms. The molecule has 0 saturated heterocycles. The highest BCUT2D eigenvalue weighted by atomic mass is 16.3. The number of hydrogen-bond acceptors (Lipinski definition) is 3. The minimum Gasteiger partial charge on any atom is -0.393 e.